The third kappa shape index (κ3) is 2.86. The van der Waals surface area contributed by atoms with Gasteiger partial charge in [-0.25, -0.2) is 0 Å². The number of aromatic nitrogens is 1. The molecule has 2 nitrogen and oxygen atoms in total. The molecule has 19 heavy (non-hydrogen) atoms. The van der Waals surface area contributed by atoms with Crippen LogP contribution in [0.15, 0.2) is 18.2 Å². The highest BCUT2D eigenvalue weighted by Gasteiger charge is 2.20. The highest BCUT2D eigenvalue weighted by Crippen LogP contribution is 2.34. The number of benzene rings is 1. The van der Waals surface area contributed by atoms with Crippen molar-refractivity contribution < 1.29 is 0 Å². The number of fused-ring (bicyclic) bond motifs is 1. The first kappa shape index (κ1) is 14.6. The van der Waals surface area contributed by atoms with Gasteiger partial charge in [0.2, 0.25) is 0 Å². The average Bonchev–Trinajstić information content (AvgIpc) is 2.25. The van der Waals surface area contributed by atoms with Crippen molar-refractivity contribution in [2.45, 2.75) is 39.2 Å². The van der Waals surface area contributed by atoms with Crippen molar-refractivity contribution in [1.82, 2.24) is 4.98 Å². The van der Waals surface area contributed by atoms with E-state index in [1.54, 1.807) is 6.07 Å². The first-order valence-electron chi connectivity index (χ1n) is 6.26. The van der Waals surface area contributed by atoms with E-state index in [1.165, 1.54) is 0 Å². The minimum Gasteiger partial charge on any atom is -0.324 e. The molecule has 2 aromatic rings. The molecule has 1 aromatic heterocycles. The summed E-state index contributed by atoms with van der Waals surface area (Å²) in [5.74, 6) is 0. The van der Waals surface area contributed by atoms with Gasteiger partial charge in [0.05, 0.1) is 10.5 Å². The summed E-state index contributed by atoms with van der Waals surface area (Å²) in [6.45, 7) is 8.32. The molecule has 0 saturated heterocycles. The summed E-state index contributed by atoms with van der Waals surface area (Å²) in [7, 11) is 0. The molecule has 0 radical (unpaired) electrons. The summed E-state index contributed by atoms with van der Waals surface area (Å²) >= 11 is 12.4. The largest absolute Gasteiger partial charge is 0.324 e. The predicted molar refractivity (Wildman–Crippen MR) is 83.1 cm³/mol. The van der Waals surface area contributed by atoms with Gasteiger partial charge in [-0.05, 0) is 30.7 Å². The van der Waals surface area contributed by atoms with Gasteiger partial charge < -0.3 is 5.73 Å². The van der Waals surface area contributed by atoms with Crippen LogP contribution in [0.4, 0.5) is 0 Å². The summed E-state index contributed by atoms with van der Waals surface area (Å²) < 4.78 is 0. The minimum atomic E-state index is -0.106. The highest BCUT2D eigenvalue weighted by atomic mass is 35.5. The molecule has 0 amide bonds. The molecule has 0 aliphatic rings. The zero-order valence-corrected chi connectivity index (χ0v) is 13.1. The molecular weight excluding hydrogens is 279 g/mol. The van der Waals surface area contributed by atoms with Crippen LogP contribution < -0.4 is 5.73 Å². The van der Waals surface area contributed by atoms with Crippen LogP contribution in [-0.4, -0.2) is 4.98 Å². The molecule has 1 unspecified atom stereocenters. The molecule has 0 fully saturated rings. The second kappa shape index (κ2) is 4.93. The Labute approximate surface area is 123 Å². The highest BCUT2D eigenvalue weighted by molar-refractivity contribution is 6.38. The molecule has 1 atom stereocenters. The monoisotopic (exact) mass is 296 g/mol. The van der Waals surface area contributed by atoms with E-state index < -0.39 is 0 Å². The first-order chi connectivity index (χ1) is 8.70. The van der Waals surface area contributed by atoms with Crippen LogP contribution in [-0.2, 0) is 5.41 Å². The van der Waals surface area contributed by atoms with E-state index in [2.05, 4.69) is 25.8 Å². The second-order valence-corrected chi connectivity index (χ2v) is 6.76. The number of rotatable bonds is 1. The molecular formula is C15H18Cl2N2. The lowest BCUT2D eigenvalue weighted by Gasteiger charge is -2.21. The van der Waals surface area contributed by atoms with E-state index >= 15 is 0 Å². The van der Waals surface area contributed by atoms with Gasteiger partial charge in [-0.1, -0.05) is 44.0 Å². The SMILES string of the molecule is CC(N)c1cc(C(C)(C)C)nc2cc(Cl)cc(Cl)c12. The Hall–Kier alpha value is -0.830. The van der Waals surface area contributed by atoms with Crippen LogP contribution in [0.3, 0.4) is 0 Å². The van der Waals surface area contributed by atoms with Gasteiger partial charge in [0.15, 0.2) is 0 Å². The first-order valence-corrected chi connectivity index (χ1v) is 7.01. The Morgan fingerprint density at radius 3 is 2.32 bits per heavy atom. The summed E-state index contributed by atoms with van der Waals surface area (Å²) in [6.07, 6.45) is 0. The van der Waals surface area contributed by atoms with E-state index in [1.807, 2.05) is 19.1 Å². The third-order valence-corrected chi connectivity index (χ3v) is 3.63. The Balaban J connectivity index is 2.88. The Morgan fingerprint density at radius 1 is 1.16 bits per heavy atom. The maximum Gasteiger partial charge on any atom is 0.0738 e. The number of hydrogen-bond donors (Lipinski definition) is 1. The van der Waals surface area contributed by atoms with Crippen LogP contribution in [0.1, 0.15) is 45.0 Å². The van der Waals surface area contributed by atoms with E-state index in [9.17, 15) is 0 Å². The molecule has 0 spiro atoms. The van der Waals surface area contributed by atoms with Crippen molar-refractivity contribution in [2.24, 2.45) is 5.73 Å². The molecule has 2 rings (SSSR count). The summed E-state index contributed by atoms with van der Waals surface area (Å²) in [5, 5.41) is 2.09. The zero-order chi connectivity index (χ0) is 14.4. The lowest BCUT2D eigenvalue weighted by Crippen LogP contribution is -2.16. The fraction of sp³-hybridized carbons (Fsp3) is 0.400. The lowest BCUT2D eigenvalue weighted by molar-refractivity contribution is 0.569. The van der Waals surface area contributed by atoms with Crippen LogP contribution >= 0.6 is 23.2 Å². The van der Waals surface area contributed by atoms with Gasteiger partial charge >= 0.3 is 0 Å². The maximum absolute atomic E-state index is 6.30. The molecule has 1 aromatic carbocycles. The van der Waals surface area contributed by atoms with Gasteiger partial charge in [0, 0.05) is 27.6 Å². The third-order valence-electron chi connectivity index (χ3n) is 3.11. The molecule has 4 heteroatoms. The molecule has 0 aliphatic carbocycles. The van der Waals surface area contributed by atoms with Crippen molar-refractivity contribution in [1.29, 1.82) is 0 Å². The Morgan fingerprint density at radius 2 is 1.79 bits per heavy atom. The Bertz CT molecular complexity index is 628. The van der Waals surface area contributed by atoms with E-state index in [0.717, 1.165) is 22.2 Å². The standard InChI is InChI=1S/C15H18Cl2N2/c1-8(18)10-7-13(15(2,3)4)19-12-6-9(16)5-11(17)14(10)12/h5-8H,18H2,1-4H3. The molecule has 0 bridgehead atoms. The number of nitrogens with two attached hydrogens (primary N) is 1. The van der Waals surface area contributed by atoms with Gasteiger partial charge in [0.25, 0.3) is 0 Å². The smallest absolute Gasteiger partial charge is 0.0738 e. The molecule has 102 valence electrons. The number of nitrogens with zero attached hydrogens (tertiary/aromatic N) is 1. The van der Waals surface area contributed by atoms with Gasteiger partial charge in [-0.3, -0.25) is 4.98 Å². The molecule has 0 saturated carbocycles. The lowest BCUT2D eigenvalue weighted by atomic mass is 9.89. The molecule has 0 aliphatic heterocycles. The number of pyridine rings is 1. The zero-order valence-electron chi connectivity index (χ0n) is 11.6. The van der Waals surface area contributed by atoms with Crippen LogP contribution in [0.2, 0.25) is 10.0 Å². The van der Waals surface area contributed by atoms with Crippen molar-refractivity contribution in [2.75, 3.05) is 0 Å². The van der Waals surface area contributed by atoms with Crippen molar-refractivity contribution in [3.05, 3.63) is 39.5 Å². The molecule has 2 N–H and O–H groups in total. The van der Waals surface area contributed by atoms with Gasteiger partial charge in [-0.2, -0.15) is 0 Å². The molecule has 1 heterocycles. The van der Waals surface area contributed by atoms with Gasteiger partial charge in [0.1, 0.15) is 0 Å². The van der Waals surface area contributed by atoms with E-state index in [4.69, 9.17) is 28.9 Å². The second-order valence-electron chi connectivity index (χ2n) is 5.92. The average molecular weight is 297 g/mol. The number of hydrogen-bond acceptors (Lipinski definition) is 2. The predicted octanol–water partition coefficient (Wildman–Crippen LogP) is 4.86. The van der Waals surface area contributed by atoms with Crippen molar-refractivity contribution in [3.63, 3.8) is 0 Å². The summed E-state index contributed by atoms with van der Waals surface area (Å²) in [6, 6.07) is 5.51. The van der Waals surface area contributed by atoms with Gasteiger partial charge in [-0.15, -0.1) is 0 Å². The fourth-order valence-corrected chi connectivity index (χ4v) is 2.65. The Kier molecular flexibility index (Phi) is 3.78. The minimum absolute atomic E-state index is 0.0490. The van der Waals surface area contributed by atoms with Crippen LogP contribution in [0.25, 0.3) is 10.9 Å². The normalized spacial score (nSPS) is 13.8. The quantitative estimate of drug-likeness (QED) is 0.816. The van der Waals surface area contributed by atoms with Crippen molar-refractivity contribution >= 4 is 34.1 Å². The maximum atomic E-state index is 6.30. The topological polar surface area (TPSA) is 38.9 Å². The van der Waals surface area contributed by atoms with Crippen molar-refractivity contribution in [3.8, 4) is 0 Å². The summed E-state index contributed by atoms with van der Waals surface area (Å²) in [5.41, 5.74) is 8.84. The van der Waals surface area contributed by atoms with E-state index in [0.29, 0.717) is 10.0 Å². The van der Waals surface area contributed by atoms with E-state index in [-0.39, 0.29) is 11.5 Å². The fourth-order valence-electron chi connectivity index (χ4n) is 2.06. The number of halogens is 2. The van der Waals surface area contributed by atoms with Crippen LogP contribution in [0, 0.1) is 0 Å². The summed E-state index contributed by atoms with van der Waals surface area (Å²) in [4.78, 5) is 4.69. The van der Waals surface area contributed by atoms with Crippen LogP contribution in [0.5, 0.6) is 0 Å².